The van der Waals surface area contributed by atoms with Crippen molar-refractivity contribution in [3.05, 3.63) is 42.0 Å². The maximum atomic E-state index is 9.16. The van der Waals surface area contributed by atoms with E-state index in [0.717, 1.165) is 48.2 Å². The molecule has 0 heterocycles. The van der Waals surface area contributed by atoms with E-state index in [1.165, 1.54) is 77.0 Å². The minimum absolute atomic E-state index is 0. The van der Waals surface area contributed by atoms with Crippen molar-refractivity contribution in [2.24, 2.45) is 0 Å². The van der Waals surface area contributed by atoms with Gasteiger partial charge in [-0.05, 0) is 36.8 Å². The Morgan fingerprint density at radius 2 is 1.21 bits per heavy atom. The molecule has 0 saturated carbocycles. The largest absolute Gasteiger partial charge is 0.493 e. The smallest absolute Gasteiger partial charge is 0.128 e. The number of hydrogen-bond donors (Lipinski definition) is 1. The zero-order valence-electron chi connectivity index (χ0n) is 22.0. The van der Waals surface area contributed by atoms with Gasteiger partial charge in [0.15, 0.2) is 0 Å². The molecule has 0 bridgehead atoms. The number of halogens is 1. The van der Waals surface area contributed by atoms with Gasteiger partial charge in [0.2, 0.25) is 0 Å². The molecule has 2 rings (SSSR count). The first kappa shape index (κ1) is 30.3. The predicted octanol–water partition coefficient (Wildman–Crippen LogP) is 9.40. The molecule has 0 aliphatic rings. The number of fused-ring (bicyclic) bond motifs is 1. The maximum Gasteiger partial charge on any atom is 0.128 e. The van der Waals surface area contributed by atoms with Crippen LogP contribution in [-0.4, -0.2) is 30.4 Å². The van der Waals surface area contributed by atoms with E-state index in [9.17, 15) is 0 Å². The van der Waals surface area contributed by atoms with Crippen molar-refractivity contribution < 1.29 is 4.74 Å². The number of ether oxygens (including phenoxy) is 1. The van der Waals surface area contributed by atoms with Crippen molar-refractivity contribution in [3.63, 3.8) is 0 Å². The lowest BCUT2D eigenvalue weighted by Gasteiger charge is -2.26. The molecule has 2 aromatic rings. The van der Waals surface area contributed by atoms with E-state index in [1.807, 2.05) is 0 Å². The third kappa shape index (κ3) is 10.3. The maximum absolute atomic E-state index is 9.16. The Hall–Kier alpha value is -1.74. The zero-order valence-corrected chi connectivity index (χ0v) is 22.9. The molecule has 0 fully saturated rings. The lowest BCUT2D eigenvalue weighted by atomic mass is 10.0. The summed E-state index contributed by atoms with van der Waals surface area (Å²) in [6, 6.07) is 12.6. The summed E-state index contributed by atoms with van der Waals surface area (Å²) in [4.78, 5) is 2.34. The van der Waals surface area contributed by atoms with E-state index in [4.69, 9.17) is 10.1 Å². The fourth-order valence-corrected chi connectivity index (χ4v) is 4.49. The number of unbranched alkanes of at least 4 members (excludes halogenated alkanes) is 10. The highest BCUT2D eigenvalue weighted by atomic mass is 35.5. The Balaban J connectivity index is 0.00000578. The molecule has 34 heavy (non-hydrogen) atoms. The van der Waals surface area contributed by atoms with Gasteiger partial charge in [0.1, 0.15) is 11.6 Å². The van der Waals surface area contributed by atoms with Gasteiger partial charge >= 0.3 is 0 Å². The molecule has 0 amide bonds. The second kappa shape index (κ2) is 18.6. The van der Waals surface area contributed by atoms with Crippen LogP contribution in [0.15, 0.2) is 36.4 Å². The standard InChI is InChI=1S/C30H48N2O.ClH/c1-4-7-9-11-13-17-23-32(24-18-14-12-10-8-5-2)30(31)28-21-22-29(33-25-6-3)27-20-16-15-19-26(27)28;/h15-16,19-22,31H,4-14,17-18,23-25H2,1-3H3;1H. The lowest BCUT2D eigenvalue weighted by Crippen LogP contribution is -2.33. The Morgan fingerprint density at radius 1 is 0.676 bits per heavy atom. The molecule has 0 saturated heterocycles. The number of nitrogens with zero attached hydrogens (tertiary/aromatic N) is 1. The quantitative estimate of drug-likeness (QED) is 0.129. The molecular weight excluding hydrogens is 440 g/mol. The van der Waals surface area contributed by atoms with Crippen molar-refractivity contribution in [2.75, 3.05) is 19.7 Å². The summed E-state index contributed by atoms with van der Waals surface area (Å²) >= 11 is 0. The SMILES string of the molecule is CCCCCCCCN(CCCCCCCC)C(=N)c1ccc(OCCC)c2ccccc12.Cl. The Kier molecular flexibility index (Phi) is 16.5. The lowest BCUT2D eigenvalue weighted by molar-refractivity contribution is 0.321. The first-order chi connectivity index (χ1) is 16.2. The zero-order chi connectivity index (χ0) is 23.7. The molecule has 4 heteroatoms. The van der Waals surface area contributed by atoms with Gasteiger partial charge in [0.05, 0.1) is 6.61 Å². The number of benzene rings is 2. The molecule has 0 radical (unpaired) electrons. The van der Waals surface area contributed by atoms with Gasteiger partial charge in [-0.2, -0.15) is 0 Å². The molecule has 0 atom stereocenters. The van der Waals surface area contributed by atoms with Gasteiger partial charge in [0, 0.05) is 24.0 Å². The van der Waals surface area contributed by atoms with Gasteiger partial charge in [0.25, 0.3) is 0 Å². The summed E-state index contributed by atoms with van der Waals surface area (Å²) in [6.07, 6.45) is 16.5. The minimum atomic E-state index is 0. The van der Waals surface area contributed by atoms with Gasteiger partial charge in [-0.1, -0.05) is 109 Å². The van der Waals surface area contributed by atoms with E-state index in [2.05, 4.69) is 62.1 Å². The number of amidine groups is 1. The summed E-state index contributed by atoms with van der Waals surface area (Å²) in [6.45, 7) is 9.38. The van der Waals surface area contributed by atoms with E-state index in [-0.39, 0.29) is 12.4 Å². The second-order valence-corrected chi connectivity index (χ2v) is 9.38. The van der Waals surface area contributed by atoms with Gasteiger partial charge < -0.3 is 9.64 Å². The van der Waals surface area contributed by atoms with E-state index in [0.29, 0.717) is 5.84 Å². The first-order valence-corrected chi connectivity index (χ1v) is 13.7. The molecular formula is C30H49ClN2O. The van der Waals surface area contributed by atoms with E-state index in [1.54, 1.807) is 0 Å². The van der Waals surface area contributed by atoms with Crippen molar-refractivity contribution in [2.45, 2.75) is 104 Å². The van der Waals surface area contributed by atoms with Crippen LogP contribution in [0.25, 0.3) is 10.8 Å². The van der Waals surface area contributed by atoms with Crippen molar-refractivity contribution in [1.82, 2.24) is 4.90 Å². The van der Waals surface area contributed by atoms with Crippen LogP contribution < -0.4 is 4.74 Å². The number of nitrogens with one attached hydrogen (secondary N) is 1. The van der Waals surface area contributed by atoms with Crippen LogP contribution in [0.2, 0.25) is 0 Å². The highest BCUT2D eigenvalue weighted by Crippen LogP contribution is 2.29. The molecule has 0 spiro atoms. The Bertz CT molecular complexity index is 791. The van der Waals surface area contributed by atoms with Gasteiger partial charge in [-0.3, -0.25) is 5.41 Å². The highest BCUT2D eigenvalue weighted by Gasteiger charge is 2.16. The summed E-state index contributed by atoms with van der Waals surface area (Å²) in [5.41, 5.74) is 1.03. The van der Waals surface area contributed by atoms with Crippen molar-refractivity contribution in [3.8, 4) is 5.75 Å². The number of hydrogen-bond acceptors (Lipinski definition) is 2. The molecule has 192 valence electrons. The average molecular weight is 489 g/mol. The average Bonchev–Trinajstić information content (AvgIpc) is 2.85. The van der Waals surface area contributed by atoms with E-state index >= 15 is 0 Å². The van der Waals surface area contributed by atoms with Gasteiger partial charge in [-0.25, -0.2) is 0 Å². The van der Waals surface area contributed by atoms with Crippen LogP contribution in [0.4, 0.5) is 0 Å². The van der Waals surface area contributed by atoms with Crippen LogP contribution in [0, 0.1) is 5.41 Å². The van der Waals surface area contributed by atoms with Crippen molar-refractivity contribution in [1.29, 1.82) is 5.41 Å². The van der Waals surface area contributed by atoms with Crippen LogP contribution in [-0.2, 0) is 0 Å². The topological polar surface area (TPSA) is 36.3 Å². The highest BCUT2D eigenvalue weighted by molar-refractivity contribution is 6.09. The fourth-order valence-electron chi connectivity index (χ4n) is 4.49. The molecule has 1 N–H and O–H groups in total. The van der Waals surface area contributed by atoms with Crippen LogP contribution in [0.1, 0.15) is 110 Å². The molecule has 2 aromatic carbocycles. The third-order valence-electron chi connectivity index (χ3n) is 6.48. The predicted molar refractivity (Wildman–Crippen MR) is 152 cm³/mol. The molecule has 0 unspecified atom stereocenters. The van der Waals surface area contributed by atoms with Gasteiger partial charge in [-0.15, -0.1) is 12.4 Å². The minimum Gasteiger partial charge on any atom is -0.493 e. The second-order valence-electron chi connectivity index (χ2n) is 9.38. The fraction of sp³-hybridized carbons (Fsp3) is 0.633. The third-order valence-corrected chi connectivity index (χ3v) is 6.48. The monoisotopic (exact) mass is 488 g/mol. The van der Waals surface area contributed by atoms with Crippen LogP contribution >= 0.6 is 12.4 Å². The van der Waals surface area contributed by atoms with Crippen molar-refractivity contribution >= 4 is 29.0 Å². The summed E-state index contributed by atoms with van der Waals surface area (Å²) < 4.78 is 6.00. The molecule has 0 aliphatic heterocycles. The molecule has 0 aliphatic carbocycles. The molecule has 3 nitrogen and oxygen atoms in total. The summed E-state index contributed by atoms with van der Waals surface area (Å²) in [7, 11) is 0. The first-order valence-electron chi connectivity index (χ1n) is 13.7. The molecule has 0 aromatic heterocycles. The summed E-state index contributed by atoms with van der Waals surface area (Å²) in [5, 5.41) is 11.4. The Labute approximate surface area is 215 Å². The van der Waals surface area contributed by atoms with Crippen LogP contribution in [0.3, 0.4) is 0 Å². The Morgan fingerprint density at radius 3 is 1.76 bits per heavy atom. The summed E-state index contributed by atoms with van der Waals surface area (Å²) in [5.74, 6) is 1.61. The normalized spacial score (nSPS) is 10.8. The van der Waals surface area contributed by atoms with E-state index < -0.39 is 0 Å². The number of rotatable bonds is 18. The van der Waals surface area contributed by atoms with Crippen LogP contribution in [0.5, 0.6) is 5.75 Å².